The van der Waals surface area contributed by atoms with Gasteiger partial charge in [-0.2, -0.15) is 0 Å². The molecule has 1 atom stereocenters. The highest BCUT2D eigenvalue weighted by molar-refractivity contribution is 5.76. The lowest BCUT2D eigenvalue weighted by molar-refractivity contribution is 0.416. The monoisotopic (exact) mass is 277 g/mol. The van der Waals surface area contributed by atoms with Crippen molar-refractivity contribution in [2.75, 3.05) is 6.54 Å². The number of hydrogen-bond acceptors (Lipinski definition) is 2. The van der Waals surface area contributed by atoms with Crippen molar-refractivity contribution in [3.63, 3.8) is 0 Å². The maximum Gasteiger partial charge on any atom is 0.151 e. The van der Waals surface area contributed by atoms with E-state index in [4.69, 9.17) is 5.73 Å². The van der Waals surface area contributed by atoms with Crippen molar-refractivity contribution in [3.05, 3.63) is 29.8 Å². The Kier molecular flexibility index (Phi) is 5.12. The van der Waals surface area contributed by atoms with Gasteiger partial charge in [-0.15, -0.1) is 0 Å². The molecule has 3 nitrogen and oxygen atoms in total. The Bertz CT molecular complexity index is 556. The summed E-state index contributed by atoms with van der Waals surface area (Å²) in [6.45, 7) is 2.94. The van der Waals surface area contributed by atoms with Crippen LogP contribution in [0.3, 0.4) is 0 Å². The number of para-hydroxylation sites is 1. The van der Waals surface area contributed by atoms with Crippen molar-refractivity contribution in [2.24, 2.45) is 18.7 Å². The molecule has 0 aliphatic heterocycles. The smallest absolute Gasteiger partial charge is 0.151 e. The molecule has 2 N–H and O–H groups in total. The minimum absolute atomic E-state index is 0.239. The van der Waals surface area contributed by atoms with Gasteiger partial charge < -0.3 is 10.3 Å². The molecule has 0 fully saturated rings. The van der Waals surface area contributed by atoms with Crippen molar-refractivity contribution < 1.29 is 4.39 Å². The van der Waals surface area contributed by atoms with E-state index in [2.05, 4.69) is 11.9 Å². The van der Waals surface area contributed by atoms with E-state index in [-0.39, 0.29) is 5.82 Å². The molecule has 0 saturated carbocycles. The van der Waals surface area contributed by atoms with Crippen LogP contribution in [0.5, 0.6) is 0 Å². The second kappa shape index (κ2) is 6.84. The van der Waals surface area contributed by atoms with E-state index in [0.29, 0.717) is 11.4 Å². The van der Waals surface area contributed by atoms with Crippen LogP contribution in [-0.2, 0) is 13.5 Å². The zero-order valence-corrected chi connectivity index (χ0v) is 12.4. The van der Waals surface area contributed by atoms with E-state index in [1.807, 2.05) is 17.7 Å². The highest BCUT2D eigenvalue weighted by atomic mass is 19.1. The number of halogens is 1. The third kappa shape index (κ3) is 3.18. The Morgan fingerprint density at radius 1 is 1.30 bits per heavy atom. The second-order valence-corrected chi connectivity index (χ2v) is 5.47. The molecule has 0 bridgehead atoms. The van der Waals surface area contributed by atoms with Gasteiger partial charge in [0.25, 0.3) is 0 Å². The number of benzene rings is 1. The lowest BCUT2D eigenvalue weighted by Gasteiger charge is -2.14. The molecule has 20 heavy (non-hydrogen) atoms. The average molecular weight is 277 g/mol. The molecule has 110 valence electrons. The van der Waals surface area contributed by atoms with Gasteiger partial charge >= 0.3 is 0 Å². The summed E-state index contributed by atoms with van der Waals surface area (Å²) in [4.78, 5) is 4.46. The summed E-state index contributed by atoms with van der Waals surface area (Å²) in [5.41, 5.74) is 7.02. The Balaban J connectivity index is 2.13. The molecular formula is C16H24FN3. The van der Waals surface area contributed by atoms with E-state index >= 15 is 0 Å². The number of aromatic nitrogens is 2. The summed E-state index contributed by atoms with van der Waals surface area (Å²) < 4.78 is 15.7. The fourth-order valence-corrected chi connectivity index (χ4v) is 2.86. The first-order valence-electron chi connectivity index (χ1n) is 7.47. The summed E-state index contributed by atoms with van der Waals surface area (Å²) in [7, 11) is 1.96. The molecule has 0 aliphatic carbocycles. The number of nitrogens with two attached hydrogens (primary N) is 1. The molecular weight excluding hydrogens is 253 g/mol. The quantitative estimate of drug-likeness (QED) is 0.843. The Morgan fingerprint density at radius 2 is 2.10 bits per heavy atom. The molecule has 1 aromatic carbocycles. The summed E-state index contributed by atoms with van der Waals surface area (Å²) in [5.74, 6) is 1.37. The molecule has 0 saturated heterocycles. The van der Waals surface area contributed by atoms with Crippen molar-refractivity contribution in [1.29, 1.82) is 0 Å². The van der Waals surface area contributed by atoms with Gasteiger partial charge in [0.15, 0.2) is 5.82 Å². The van der Waals surface area contributed by atoms with Gasteiger partial charge in [-0.25, -0.2) is 9.37 Å². The van der Waals surface area contributed by atoms with Crippen LogP contribution in [0.1, 0.15) is 38.4 Å². The van der Waals surface area contributed by atoms with E-state index in [1.54, 1.807) is 6.07 Å². The molecule has 4 heteroatoms. The van der Waals surface area contributed by atoms with Gasteiger partial charge in [0.05, 0.1) is 5.52 Å². The van der Waals surface area contributed by atoms with E-state index in [0.717, 1.165) is 37.1 Å². The highest BCUT2D eigenvalue weighted by Crippen LogP contribution is 2.22. The SMILES string of the molecule is CCCC(CCN)CCc1nc2c(F)cccc2n1C. The maximum atomic E-state index is 13.7. The minimum atomic E-state index is -0.239. The van der Waals surface area contributed by atoms with Crippen molar-refractivity contribution in [3.8, 4) is 0 Å². The molecule has 0 aliphatic rings. The van der Waals surface area contributed by atoms with Crippen LogP contribution in [0.4, 0.5) is 4.39 Å². The van der Waals surface area contributed by atoms with Crippen molar-refractivity contribution in [1.82, 2.24) is 9.55 Å². The Hall–Kier alpha value is -1.42. The number of hydrogen-bond donors (Lipinski definition) is 1. The molecule has 1 aromatic heterocycles. The van der Waals surface area contributed by atoms with Crippen LogP contribution >= 0.6 is 0 Å². The summed E-state index contributed by atoms with van der Waals surface area (Å²) in [5, 5.41) is 0. The van der Waals surface area contributed by atoms with E-state index in [1.165, 1.54) is 18.9 Å². The lowest BCUT2D eigenvalue weighted by Crippen LogP contribution is -2.11. The fourth-order valence-electron chi connectivity index (χ4n) is 2.86. The zero-order chi connectivity index (χ0) is 14.5. The van der Waals surface area contributed by atoms with Crippen LogP contribution in [0, 0.1) is 11.7 Å². The van der Waals surface area contributed by atoms with Gasteiger partial charge in [-0.05, 0) is 37.4 Å². The number of imidazole rings is 1. The highest BCUT2D eigenvalue weighted by Gasteiger charge is 2.13. The van der Waals surface area contributed by atoms with Crippen LogP contribution in [0.15, 0.2) is 18.2 Å². The van der Waals surface area contributed by atoms with Gasteiger partial charge in [-0.1, -0.05) is 25.8 Å². The van der Waals surface area contributed by atoms with Crippen LogP contribution in [0.2, 0.25) is 0 Å². The summed E-state index contributed by atoms with van der Waals surface area (Å²) in [6, 6.07) is 5.11. The normalized spacial score (nSPS) is 13.0. The third-order valence-corrected chi connectivity index (χ3v) is 4.00. The Labute approximate surface area is 120 Å². The molecule has 0 spiro atoms. The van der Waals surface area contributed by atoms with Crippen molar-refractivity contribution >= 4 is 11.0 Å². The second-order valence-electron chi connectivity index (χ2n) is 5.47. The van der Waals surface area contributed by atoms with Gasteiger partial charge in [0, 0.05) is 13.5 Å². The molecule has 0 radical (unpaired) electrons. The Morgan fingerprint density at radius 3 is 2.75 bits per heavy atom. The number of fused-ring (bicyclic) bond motifs is 1. The lowest BCUT2D eigenvalue weighted by atomic mass is 9.94. The van der Waals surface area contributed by atoms with E-state index in [9.17, 15) is 4.39 Å². The first-order chi connectivity index (χ1) is 9.67. The van der Waals surface area contributed by atoms with Gasteiger partial charge in [-0.3, -0.25) is 0 Å². The topological polar surface area (TPSA) is 43.8 Å². The molecule has 2 rings (SSSR count). The first kappa shape index (κ1) is 15.0. The van der Waals surface area contributed by atoms with E-state index < -0.39 is 0 Å². The van der Waals surface area contributed by atoms with Crippen LogP contribution in [-0.4, -0.2) is 16.1 Å². The fraction of sp³-hybridized carbons (Fsp3) is 0.562. The summed E-state index contributed by atoms with van der Waals surface area (Å²) in [6.07, 6.45) is 5.41. The van der Waals surface area contributed by atoms with Gasteiger partial charge in [0.1, 0.15) is 11.3 Å². The average Bonchev–Trinajstić information content (AvgIpc) is 2.75. The maximum absolute atomic E-state index is 13.7. The summed E-state index contributed by atoms with van der Waals surface area (Å²) >= 11 is 0. The molecule has 2 aromatic rings. The number of rotatable bonds is 7. The van der Waals surface area contributed by atoms with Crippen LogP contribution in [0.25, 0.3) is 11.0 Å². The molecule has 1 unspecified atom stereocenters. The standard InChI is InChI=1S/C16H24FN3/c1-3-5-12(10-11-18)8-9-15-19-16-13(17)6-4-7-14(16)20(15)2/h4,6-7,12H,3,5,8-11,18H2,1-2H3. The molecule has 0 amide bonds. The minimum Gasteiger partial charge on any atom is -0.331 e. The van der Waals surface area contributed by atoms with Crippen molar-refractivity contribution in [2.45, 2.75) is 39.0 Å². The molecule has 1 heterocycles. The predicted octanol–water partition coefficient (Wildman–Crippen LogP) is 3.41. The zero-order valence-electron chi connectivity index (χ0n) is 12.4. The third-order valence-electron chi connectivity index (χ3n) is 4.00. The largest absolute Gasteiger partial charge is 0.331 e. The van der Waals surface area contributed by atoms with Crippen LogP contribution < -0.4 is 5.73 Å². The van der Waals surface area contributed by atoms with Gasteiger partial charge in [0.2, 0.25) is 0 Å². The predicted molar refractivity (Wildman–Crippen MR) is 81.1 cm³/mol. The first-order valence-corrected chi connectivity index (χ1v) is 7.47. The number of nitrogens with zero attached hydrogens (tertiary/aromatic N) is 2. The number of aryl methyl sites for hydroxylation is 2.